The van der Waals surface area contributed by atoms with E-state index in [2.05, 4.69) is 10.4 Å². The van der Waals surface area contributed by atoms with E-state index in [9.17, 15) is 4.79 Å². The summed E-state index contributed by atoms with van der Waals surface area (Å²) in [6.07, 6.45) is 1.62. The summed E-state index contributed by atoms with van der Waals surface area (Å²) in [6, 6.07) is 1.96. The molecule has 1 rings (SSSR count). The summed E-state index contributed by atoms with van der Waals surface area (Å²) in [6.45, 7) is 7.24. The van der Waals surface area contributed by atoms with Gasteiger partial charge in [-0.1, -0.05) is 6.92 Å². The molecule has 0 fully saturated rings. The SMILES string of the molecule is CCc1cc(C(=O)NCCC(C)N)n(CC)n1. The lowest BCUT2D eigenvalue weighted by molar-refractivity contribution is 0.0942. The molecule has 0 radical (unpaired) electrons. The molecule has 0 aliphatic heterocycles. The first kappa shape index (κ1) is 13.7. The van der Waals surface area contributed by atoms with Gasteiger partial charge in [0.25, 0.3) is 5.91 Å². The second-order valence-electron chi connectivity index (χ2n) is 4.21. The smallest absolute Gasteiger partial charge is 0.269 e. The first-order valence-electron chi connectivity index (χ1n) is 6.19. The van der Waals surface area contributed by atoms with Crippen LogP contribution in [0.5, 0.6) is 0 Å². The van der Waals surface area contributed by atoms with Crippen LogP contribution in [0.25, 0.3) is 0 Å². The van der Waals surface area contributed by atoms with Gasteiger partial charge in [0.05, 0.1) is 5.69 Å². The van der Waals surface area contributed by atoms with Crippen molar-refractivity contribution in [1.82, 2.24) is 15.1 Å². The van der Waals surface area contributed by atoms with Gasteiger partial charge < -0.3 is 11.1 Å². The molecule has 0 saturated heterocycles. The van der Waals surface area contributed by atoms with E-state index in [0.29, 0.717) is 18.8 Å². The third-order valence-corrected chi connectivity index (χ3v) is 2.61. The molecule has 96 valence electrons. The number of hydrogen-bond donors (Lipinski definition) is 2. The lowest BCUT2D eigenvalue weighted by atomic mass is 10.2. The van der Waals surface area contributed by atoms with Gasteiger partial charge in [-0.3, -0.25) is 9.48 Å². The minimum Gasteiger partial charge on any atom is -0.351 e. The Kier molecular flexibility index (Phi) is 5.15. The third-order valence-electron chi connectivity index (χ3n) is 2.61. The van der Waals surface area contributed by atoms with Gasteiger partial charge in [0.2, 0.25) is 0 Å². The summed E-state index contributed by atoms with van der Waals surface area (Å²) >= 11 is 0. The fourth-order valence-corrected chi connectivity index (χ4v) is 1.57. The molecule has 0 aromatic carbocycles. The number of aromatic nitrogens is 2. The first-order valence-corrected chi connectivity index (χ1v) is 6.19. The van der Waals surface area contributed by atoms with Crippen molar-refractivity contribution in [3.63, 3.8) is 0 Å². The summed E-state index contributed by atoms with van der Waals surface area (Å²) in [7, 11) is 0. The van der Waals surface area contributed by atoms with Gasteiger partial charge in [-0.15, -0.1) is 0 Å². The average molecular weight is 238 g/mol. The molecule has 1 heterocycles. The Morgan fingerprint density at radius 1 is 1.59 bits per heavy atom. The lowest BCUT2D eigenvalue weighted by Gasteiger charge is -2.08. The number of nitrogens with zero attached hydrogens (tertiary/aromatic N) is 2. The van der Waals surface area contributed by atoms with E-state index < -0.39 is 0 Å². The van der Waals surface area contributed by atoms with Crippen LogP contribution < -0.4 is 11.1 Å². The molecule has 3 N–H and O–H groups in total. The van der Waals surface area contributed by atoms with Crippen LogP contribution in [0.1, 0.15) is 43.4 Å². The Morgan fingerprint density at radius 3 is 2.82 bits per heavy atom. The zero-order chi connectivity index (χ0) is 12.8. The zero-order valence-corrected chi connectivity index (χ0v) is 10.9. The number of aryl methyl sites for hydroxylation is 2. The highest BCUT2D eigenvalue weighted by molar-refractivity contribution is 5.92. The molecule has 1 aromatic rings. The number of carbonyl (C=O) groups is 1. The van der Waals surface area contributed by atoms with Crippen LogP contribution in [0.15, 0.2) is 6.07 Å². The number of carbonyl (C=O) groups excluding carboxylic acids is 1. The largest absolute Gasteiger partial charge is 0.351 e. The highest BCUT2D eigenvalue weighted by Gasteiger charge is 2.13. The molecule has 1 atom stereocenters. The Bertz CT molecular complexity index is 371. The van der Waals surface area contributed by atoms with Crippen LogP contribution >= 0.6 is 0 Å². The molecular formula is C12H22N4O. The second-order valence-corrected chi connectivity index (χ2v) is 4.21. The fraction of sp³-hybridized carbons (Fsp3) is 0.667. The van der Waals surface area contributed by atoms with E-state index in [1.807, 2.05) is 26.8 Å². The maximum Gasteiger partial charge on any atom is 0.269 e. The van der Waals surface area contributed by atoms with E-state index in [1.54, 1.807) is 4.68 Å². The molecule has 0 aliphatic carbocycles. The second kappa shape index (κ2) is 6.39. The molecule has 0 saturated carbocycles. The normalized spacial score (nSPS) is 12.5. The summed E-state index contributed by atoms with van der Waals surface area (Å²) < 4.78 is 1.74. The van der Waals surface area contributed by atoms with E-state index >= 15 is 0 Å². The quantitative estimate of drug-likeness (QED) is 0.774. The maximum atomic E-state index is 11.9. The number of hydrogen-bond acceptors (Lipinski definition) is 3. The van der Waals surface area contributed by atoms with E-state index in [1.165, 1.54) is 0 Å². The van der Waals surface area contributed by atoms with Crippen molar-refractivity contribution < 1.29 is 4.79 Å². The molecule has 17 heavy (non-hydrogen) atoms. The standard InChI is InChI=1S/C12H22N4O/c1-4-10-8-11(16(5-2)15-10)12(17)14-7-6-9(3)13/h8-9H,4-7,13H2,1-3H3,(H,14,17). The monoisotopic (exact) mass is 238 g/mol. The minimum atomic E-state index is -0.0697. The molecular weight excluding hydrogens is 216 g/mol. The highest BCUT2D eigenvalue weighted by Crippen LogP contribution is 2.05. The topological polar surface area (TPSA) is 72.9 Å². The maximum absolute atomic E-state index is 11.9. The predicted molar refractivity (Wildman–Crippen MR) is 67.9 cm³/mol. The molecule has 1 amide bonds. The van der Waals surface area contributed by atoms with Gasteiger partial charge in [-0.2, -0.15) is 5.10 Å². The predicted octanol–water partition coefficient (Wildman–Crippen LogP) is 0.932. The lowest BCUT2D eigenvalue weighted by Crippen LogP contribution is -2.30. The van der Waals surface area contributed by atoms with Gasteiger partial charge in [-0.25, -0.2) is 0 Å². The summed E-state index contributed by atoms with van der Waals surface area (Å²) in [4.78, 5) is 11.9. The number of rotatable bonds is 6. The average Bonchev–Trinajstić information content (AvgIpc) is 2.71. The molecule has 1 unspecified atom stereocenters. The number of amides is 1. The summed E-state index contributed by atoms with van der Waals surface area (Å²) in [5, 5.41) is 7.21. The number of nitrogens with one attached hydrogen (secondary N) is 1. The first-order chi connectivity index (χ1) is 8.08. The van der Waals surface area contributed by atoms with Crippen molar-refractivity contribution in [2.75, 3.05) is 6.54 Å². The van der Waals surface area contributed by atoms with Crippen LogP contribution in [-0.2, 0) is 13.0 Å². The molecule has 0 spiro atoms. The summed E-state index contributed by atoms with van der Waals surface area (Å²) in [5.74, 6) is -0.0697. The van der Waals surface area contributed by atoms with Crippen LogP contribution in [0.3, 0.4) is 0 Å². The van der Waals surface area contributed by atoms with E-state index in [-0.39, 0.29) is 11.9 Å². The van der Waals surface area contributed by atoms with Crippen LogP contribution in [-0.4, -0.2) is 28.3 Å². The van der Waals surface area contributed by atoms with Gasteiger partial charge in [-0.05, 0) is 32.8 Å². The van der Waals surface area contributed by atoms with Gasteiger partial charge in [0.1, 0.15) is 5.69 Å². The van der Waals surface area contributed by atoms with Crippen molar-refractivity contribution >= 4 is 5.91 Å². The Balaban J connectivity index is 2.64. The minimum absolute atomic E-state index is 0.0697. The highest BCUT2D eigenvalue weighted by atomic mass is 16.2. The van der Waals surface area contributed by atoms with Crippen LogP contribution in [0.2, 0.25) is 0 Å². The third kappa shape index (κ3) is 3.85. The van der Waals surface area contributed by atoms with Crippen LogP contribution in [0, 0.1) is 0 Å². The Labute approximate surface area is 102 Å². The van der Waals surface area contributed by atoms with Crippen molar-refractivity contribution in [3.8, 4) is 0 Å². The molecule has 0 aliphatic rings. The summed E-state index contributed by atoms with van der Waals surface area (Å²) in [5.41, 5.74) is 7.21. The van der Waals surface area contributed by atoms with Gasteiger partial charge in [0.15, 0.2) is 0 Å². The van der Waals surface area contributed by atoms with E-state index in [0.717, 1.165) is 18.5 Å². The van der Waals surface area contributed by atoms with Crippen molar-refractivity contribution in [1.29, 1.82) is 0 Å². The zero-order valence-electron chi connectivity index (χ0n) is 10.9. The molecule has 1 aromatic heterocycles. The fourth-order valence-electron chi connectivity index (χ4n) is 1.57. The van der Waals surface area contributed by atoms with Crippen molar-refractivity contribution in [2.45, 2.75) is 46.2 Å². The molecule has 0 bridgehead atoms. The Morgan fingerprint density at radius 2 is 2.29 bits per heavy atom. The molecule has 5 nitrogen and oxygen atoms in total. The van der Waals surface area contributed by atoms with Gasteiger partial charge in [0, 0.05) is 19.1 Å². The van der Waals surface area contributed by atoms with E-state index in [4.69, 9.17) is 5.73 Å². The Hall–Kier alpha value is -1.36. The van der Waals surface area contributed by atoms with Crippen LogP contribution in [0.4, 0.5) is 0 Å². The van der Waals surface area contributed by atoms with Crippen molar-refractivity contribution in [2.24, 2.45) is 5.73 Å². The molecule has 5 heteroatoms. The number of nitrogens with two attached hydrogens (primary N) is 1. The van der Waals surface area contributed by atoms with Gasteiger partial charge >= 0.3 is 0 Å². The van der Waals surface area contributed by atoms with Crippen molar-refractivity contribution in [3.05, 3.63) is 17.5 Å².